The third-order valence-corrected chi connectivity index (χ3v) is 5.73. The number of hydrazine groups is 1. The van der Waals surface area contributed by atoms with E-state index in [1.807, 2.05) is 13.0 Å². The summed E-state index contributed by atoms with van der Waals surface area (Å²) >= 11 is 0. The number of nitrogens with one attached hydrogen (secondary N) is 3. The number of hydrogen-bond acceptors (Lipinski definition) is 6. The third-order valence-electron chi connectivity index (χ3n) is 4.13. The zero-order valence-corrected chi connectivity index (χ0v) is 18.5. The van der Waals surface area contributed by atoms with E-state index in [9.17, 15) is 18.0 Å². The maximum Gasteiger partial charge on any atom is 0.276 e. The number of ether oxygens (including phenoxy) is 2. The lowest BCUT2D eigenvalue weighted by atomic mass is 10.2. The van der Waals surface area contributed by atoms with Crippen molar-refractivity contribution in [1.82, 2.24) is 15.6 Å². The molecule has 0 atom stereocenters. The Morgan fingerprint density at radius 2 is 1.58 bits per heavy atom. The summed E-state index contributed by atoms with van der Waals surface area (Å²) in [6, 6.07) is 12.0. The Bertz CT molecular complexity index is 1020. The fourth-order valence-corrected chi connectivity index (χ4v) is 3.96. The molecule has 0 aliphatic rings. The van der Waals surface area contributed by atoms with Gasteiger partial charge in [-0.05, 0) is 50.1 Å². The topological polar surface area (TPSA) is 123 Å². The van der Waals surface area contributed by atoms with Gasteiger partial charge in [-0.2, -0.15) is 0 Å². The lowest BCUT2D eigenvalue weighted by molar-refractivity contribution is -0.129. The number of aryl methyl sites for hydroxylation is 2. The number of rotatable bonds is 10. The van der Waals surface area contributed by atoms with Gasteiger partial charge in [-0.1, -0.05) is 24.3 Å². The second-order valence-corrected chi connectivity index (χ2v) is 8.42. The molecule has 2 amide bonds. The van der Waals surface area contributed by atoms with E-state index in [2.05, 4.69) is 15.6 Å². The lowest BCUT2D eigenvalue weighted by Gasteiger charge is -2.12. The summed E-state index contributed by atoms with van der Waals surface area (Å²) in [4.78, 5) is 23.9. The van der Waals surface area contributed by atoms with E-state index in [4.69, 9.17) is 9.47 Å². The van der Waals surface area contributed by atoms with Gasteiger partial charge in [-0.3, -0.25) is 20.4 Å². The fourth-order valence-electron chi connectivity index (χ4n) is 2.60. The molecule has 31 heavy (non-hydrogen) atoms. The van der Waals surface area contributed by atoms with Gasteiger partial charge in [0, 0.05) is 13.0 Å². The molecule has 3 N–H and O–H groups in total. The van der Waals surface area contributed by atoms with Crippen LogP contribution >= 0.6 is 0 Å². The lowest BCUT2D eigenvalue weighted by Crippen LogP contribution is -2.44. The Kier molecular flexibility index (Phi) is 8.83. The minimum Gasteiger partial charge on any atom is -0.490 e. The summed E-state index contributed by atoms with van der Waals surface area (Å²) in [5.41, 5.74) is 5.87. The predicted octanol–water partition coefficient (Wildman–Crippen LogP) is 1.60. The number of carbonyl (C=O) groups excluding carboxylic acids is 2. The molecule has 0 saturated heterocycles. The zero-order chi connectivity index (χ0) is 22.9. The van der Waals surface area contributed by atoms with Gasteiger partial charge in [-0.15, -0.1) is 0 Å². The average Bonchev–Trinajstić information content (AvgIpc) is 2.73. The van der Waals surface area contributed by atoms with E-state index in [0.29, 0.717) is 23.7 Å². The van der Waals surface area contributed by atoms with E-state index < -0.39 is 21.8 Å². The first-order chi connectivity index (χ1) is 14.7. The first-order valence-electron chi connectivity index (χ1n) is 9.72. The average molecular weight is 450 g/mol. The third kappa shape index (κ3) is 7.58. The van der Waals surface area contributed by atoms with Crippen molar-refractivity contribution >= 4 is 21.8 Å². The zero-order valence-electron chi connectivity index (χ0n) is 17.7. The Morgan fingerprint density at radius 3 is 2.26 bits per heavy atom. The number of carbonyl (C=O) groups is 2. The first-order valence-corrected chi connectivity index (χ1v) is 11.2. The van der Waals surface area contributed by atoms with Crippen molar-refractivity contribution in [2.75, 3.05) is 19.8 Å². The van der Waals surface area contributed by atoms with Crippen LogP contribution in [0.2, 0.25) is 0 Å². The van der Waals surface area contributed by atoms with Crippen molar-refractivity contribution < 1.29 is 27.5 Å². The first kappa shape index (κ1) is 24.2. The SMILES string of the molecule is CCOc1ccccc1OCC(=O)NNC(=O)CCNS(=O)(=O)c1cc(C)ccc1C. The van der Waals surface area contributed by atoms with Crippen LogP contribution in [0.5, 0.6) is 11.5 Å². The summed E-state index contributed by atoms with van der Waals surface area (Å²) in [7, 11) is -3.74. The second kappa shape index (κ2) is 11.3. The van der Waals surface area contributed by atoms with E-state index >= 15 is 0 Å². The van der Waals surface area contributed by atoms with E-state index in [1.54, 1.807) is 50.2 Å². The van der Waals surface area contributed by atoms with Crippen LogP contribution in [0.1, 0.15) is 24.5 Å². The number of sulfonamides is 1. The second-order valence-electron chi connectivity index (χ2n) is 6.68. The molecule has 0 aliphatic carbocycles. The molecule has 10 heteroatoms. The highest BCUT2D eigenvalue weighted by Gasteiger charge is 2.17. The van der Waals surface area contributed by atoms with Crippen molar-refractivity contribution in [2.24, 2.45) is 0 Å². The molecule has 0 bridgehead atoms. The van der Waals surface area contributed by atoms with Crippen molar-refractivity contribution in [2.45, 2.75) is 32.1 Å². The van der Waals surface area contributed by atoms with Crippen LogP contribution in [-0.4, -0.2) is 40.0 Å². The maximum atomic E-state index is 12.4. The van der Waals surface area contributed by atoms with Gasteiger partial charge in [0.05, 0.1) is 11.5 Å². The Hall–Kier alpha value is -3.11. The summed E-state index contributed by atoms with van der Waals surface area (Å²) < 4.78 is 38.0. The van der Waals surface area contributed by atoms with Crippen molar-refractivity contribution in [1.29, 1.82) is 0 Å². The molecular weight excluding hydrogens is 422 g/mol. The molecular formula is C21H27N3O6S. The Balaban J connectivity index is 1.74. The van der Waals surface area contributed by atoms with Crippen molar-refractivity contribution in [3.05, 3.63) is 53.6 Å². The molecule has 2 aromatic carbocycles. The van der Waals surface area contributed by atoms with Gasteiger partial charge in [0.1, 0.15) is 0 Å². The highest BCUT2D eigenvalue weighted by atomic mass is 32.2. The molecule has 0 unspecified atom stereocenters. The maximum absolute atomic E-state index is 12.4. The minimum atomic E-state index is -3.74. The normalized spacial score (nSPS) is 10.9. The van der Waals surface area contributed by atoms with Crippen LogP contribution in [0, 0.1) is 13.8 Å². The van der Waals surface area contributed by atoms with Crippen molar-refractivity contribution in [3.63, 3.8) is 0 Å². The fraction of sp³-hybridized carbons (Fsp3) is 0.333. The number of hydrogen-bond donors (Lipinski definition) is 3. The van der Waals surface area contributed by atoms with Crippen LogP contribution < -0.4 is 25.0 Å². The predicted molar refractivity (Wildman–Crippen MR) is 115 cm³/mol. The highest BCUT2D eigenvalue weighted by Crippen LogP contribution is 2.26. The number of amides is 2. The minimum absolute atomic E-state index is 0.115. The van der Waals surface area contributed by atoms with Gasteiger partial charge in [-0.25, -0.2) is 13.1 Å². The van der Waals surface area contributed by atoms with Gasteiger partial charge in [0.15, 0.2) is 18.1 Å². The van der Waals surface area contributed by atoms with Gasteiger partial charge in [0.25, 0.3) is 5.91 Å². The van der Waals surface area contributed by atoms with E-state index in [1.165, 1.54) is 0 Å². The molecule has 0 aromatic heterocycles. The molecule has 0 heterocycles. The van der Waals surface area contributed by atoms with Crippen LogP contribution in [0.25, 0.3) is 0 Å². The molecule has 0 radical (unpaired) electrons. The van der Waals surface area contributed by atoms with Crippen molar-refractivity contribution in [3.8, 4) is 11.5 Å². The molecule has 168 valence electrons. The smallest absolute Gasteiger partial charge is 0.276 e. The molecule has 0 spiro atoms. The van der Waals surface area contributed by atoms with Crippen LogP contribution in [0.15, 0.2) is 47.4 Å². The number of para-hydroxylation sites is 2. The summed E-state index contributed by atoms with van der Waals surface area (Å²) in [5.74, 6) is -0.202. The van der Waals surface area contributed by atoms with Crippen LogP contribution in [0.3, 0.4) is 0 Å². The summed E-state index contributed by atoms with van der Waals surface area (Å²) in [6.45, 7) is 5.34. The van der Waals surface area contributed by atoms with E-state index in [0.717, 1.165) is 5.56 Å². The summed E-state index contributed by atoms with van der Waals surface area (Å²) in [6.07, 6.45) is -0.154. The quantitative estimate of drug-likeness (QED) is 0.474. The monoisotopic (exact) mass is 449 g/mol. The summed E-state index contributed by atoms with van der Waals surface area (Å²) in [5, 5.41) is 0. The van der Waals surface area contributed by atoms with Crippen LogP contribution in [0.4, 0.5) is 0 Å². The van der Waals surface area contributed by atoms with Crippen LogP contribution in [-0.2, 0) is 19.6 Å². The molecule has 0 saturated carbocycles. The van der Waals surface area contributed by atoms with Gasteiger partial charge >= 0.3 is 0 Å². The molecule has 2 aromatic rings. The van der Waals surface area contributed by atoms with E-state index in [-0.39, 0.29) is 24.5 Å². The molecule has 9 nitrogen and oxygen atoms in total. The standard InChI is InChI=1S/C21H27N3O6S/c1-4-29-17-7-5-6-8-18(17)30-14-21(26)24-23-20(25)11-12-22-31(27,28)19-13-15(2)9-10-16(19)3/h5-10,13,22H,4,11-12,14H2,1-3H3,(H,23,25)(H,24,26). The highest BCUT2D eigenvalue weighted by molar-refractivity contribution is 7.89. The Labute approximate surface area is 182 Å². The van der Waals surface area contributed by atoms with Gasteiger partial charge in [0.2, 0.25) is 15.9 Å². The van der Waals surface area contributed by atoms with Gasteiger partial charge < -0.3 is 9.47 Å². The Morgan fingerprint density at radius 1 is 0.935 bits per heavy atom. The molecule has 0 aliphatic heterocycles. The molecule has 0 fully saturated rings. The number of benzene rings is 2. The largest absolute Gasteiger partial charge is 0.490 e. The molecule has 2 rings (SSSR count).